The zero-order valence-electron chi connectivity index (χ0n) is 13.0. The minimum Gasteiger partial charge on any atom is -0.389 e. The topological polar surface area (TPSA) is 115 Å². The molecule has 1 unspecified atom stereocenters. The molecule has 4 rings (SSSR count). The summed E-state index contributed by atoms with van der Waals surface area (Å²) in [5, 5.41) is 14.1. The van der Waals surface area contributed by atoms with Crippen LogP contribution < -0.4 is 5.73 Å². The zero-order valence-corrected chi connectivity index (χ0v) is 13.8. The third-order valence-electron chi connectivity index (χ3n) is 4.15. The van der Waals surface area contributed by atoms with Crippen LogP contribution in [-0.4, -0.2) is 20.1 Å². The number of thiophene rings is 1. The Morgan fingerprint density at radius 1 is 1.42 bits per heavy atom. The number of nitrogens with zero attached hydrogens (tertiary/aromatic N) is 5. The molecule has 120 valence electrons. The van der Waals surface area contributed by atoms with E-state index in [9.17, 15) is 5.26 Å². The van der Waals surface area contributed by atoms with Crippen molar-refractivity contribution in [2.45, 2.75) is 32.1 Å². The highest BCUT2D eigenvalue weighted by atomic mass is 32.1. The maximum Gasteiger partial charge on any atom is 0.234 e. The van der Waals surface area contributed by atoms with E-state index in [-0.39, 0.29) is 5.92 Å². The summed E-state index contributed by atoms with van der Waals surface area (Å²) in [5.41, 5.74) is 8.13. The lowest BCUT2D eigenvalue weighted by Crippen LogP contribution is -2.10. The highest BCUT2D eigenvalue weighted by molar-refractivity contribution is 7.16. The quantitative estimate of drug-likeness (QED) is 0.764. The van der Waals surface area contributed by atoms with Gasteiger partial charge in [-0.05, 0) is 37.8 Å². The Labute approximate surface area is 142 Å². The van der Waals surface area contributed by atoms with Crippen LogP contribution in [0.3, 0.4) is 0 Å². The van der Waals surface area contributed by atoms with Gasteiger partial charge in [0.05, 0.1) is 11.5 Å². The van der Waals surface area contributed by atoms with E-state index < -0.39 is 0 Å². The molecule has 8 heteroatoms. The van der Waals surface area contributed by atoms with Gasteiger partial charge in [-0.25, -0.2) is 9.97 Å². The van der Waals surface area contributed by atoms with Crippen molar-refractivity contribution in [3.05, 3.63) is 40.0 Å². The lowest BCUT2D eigenvalue weighted by atomic mass is 9.85. The predicted octanol–water partition coefficient (Wildman–Crippen LogP) is 2.82. The van der Waals surface area contributed by atoms with Crippen molar-refractivity contribution in [3.63, 3.8) is 0 Å². The van der Waals surface area contributed by atoms with Crippen molar-refractivity contribution < 1.29 is 4.52 Å². The van der Waals surface area contributed by atoms with Crippen molar-refractivity contribution in [2.75, 3.05) is 5.73 Å². The molecule has 1 aliphatic carbocycles. The molecule has 0 radical (unpaired) electrons. The average molecular weight is 338 g/mol. The molecule has 0 aliphatic heterocycles. The standard InChI is InChI=1S/C16H14N6OS/c1-8-19-6-5-11(20-8)15-21-16(23-22-15)9-3-2-4-12-13(9)10(7-17)14(18)24-12/h5-6,9H,2-4,18H2,1H3. The van der Waals surface area contributed by atoms with Crippen LogP contribution in [-0.2, 0) is 6.42 Å². The normalized spacial score (nSPS) is 16.6. The summed E-state index contributed by atoms with van der Waals surface area (Å²) in [5.74, 6) is 1.51. The number of hydrogen-bond donors (Lipinski definition) is 1. The van der Waals surface area contributed by atoms with Crippen molar-refractivity contribution in [3.8, 4) is 17.6 Å². The molecule has 0 amide bonds. The number of nitriles is 1. The van der Waals surface area contributed by atoms with E-state index in [1.165, 1.54) is 11.3 Å². The first-order chi connectivity index (χ1) is 11.7. The summed E-state index contributed by atoms with van der Waals surface area (Å²) in [7, 11) is 0. The Kier molecular flexibility index (Phi) is 3.50. The SMILES string of the molecule is Cc1nccc(-c2noc(C3CCCc4sc(N)c(C#N)c43)n2)n1. The highest BCUT2D eigenvalue weighted by Gasteiger charge is 2.32. The molecule has 0 spiro atoms. The van der Waals surface area contributed by atoms with Crippen LogP contribution in [0, 0.1) is 18.3 Å². The minimum absolute atomic E-state index is 0.0823. The molecule has 0 saturated carbocycles. The Hall–Kier alpha value is -2.79. The number of aryl methyl sites for hydroxylation is 2. The maximum atomic E-state index is 9.43. The van der Waals surface area contributed by atoms with Gasteiger partial charge >= 0.3 is 0 Å². The molecule has 3 heterocycles. The van der Waals surface area contributed by atoms with Gasteiger partial charge in [0, 0.05) is 11.1 Å². The van der Waals surface area contributed by atoms with Gasteiger partial charge in [0.1, 0.15) is 22.6 Å². The third kappa shape index (κ3) is 2.34. The van der Waals surface area contributed by atoms with Gasteiger partial charge in [0.2, 0.25) is 11.7 Å². The van der Waals surface area contributed by atoms with Crippen molar-refractivity contribution in [1.29, 1.82) is 5.26 Å². The van der Waals surface area contributed by atoms with Crippen molar-refractivity contribution in [1.82, 2.24) is 20.1 Å². The second-order valence-corrected chi connectivity index (χ2v) is 6.82. The van der Waals surface area contributed by atoms with Crippen LogP contribution in [0.5, 0.6) is 0 Å². The van der Waals surface area contributed by atoms with Crippen LogP contribution in [0.4, 0.5) is 5.00 Å². The van der Waals surface area contributed by atoms with Crippen LogP contribution in [0.1, 0.15) is 46.5 Å². The second-order valence-electron chi connectivity index (χ2n) is 5.68. The zero-order chi connectivity index (χ0) is 16.7. The Morgan fingerprint density at radius 2 is 2.29 bits per heavy atom. The van der Waals surface area contributed by atoms with Gasteiger partial charge in [-0.2, -0.15) is 10.2 Å². The van der Waals surface area contributed by atoms with Gasteiger partial charge in [-0.15, -0.1) is 11.3 Å². The van der Waals surface area contributed by atoms with E-state index in [0.29, 0.717) is 33.8 Å². The molecule has 3 aromatic heterocycles. The number of nitrogens with two attached hydrogens (primary N) is 1. The fraction of sp³-hybridized carbons (Fsp3) is 0.312. The molecule has 1 aliphatic rings. The number of hydrogen-bond acceptors (Lipinski definition) is 8. The molecular formula is C16H14N6OS. The number of anilines is 1. The van der Waals surface area contributed by atoms with Crippen molar-refractivity contribution in [2.24, 2.45) is 0 Å². The molecule has 24 heavy (non-hydrogen) atoms. The smallest absolute Gasteiger partial charge is 0.234 e. The molecule has 0 fully saturated rings. The summed E-state index contributed by atoms with van der Waals surface area (Å²) >= 11 is 1.49. The van der Waals surface area contributed by atoms with E-state index in [1.54, 1.807) is 12.3 Å². The Balaban J connectivity index is 1.76. The molecule has 1 atom stereocenters. The summed E-state index contributed by atoms with van der Waals surface area (Å²) < 4.78 is 5.50. The lowest BCUT2D eigenvalue weighted by molar-refractivity contribution is 0.355. The van der Waals surface area contributed by atoms with Crippen LogP contribution in [0.15, 0.2) is 16.8 Å². The van der Waals surface area contributed by atoms with E-state index in [4.69, 9.17) is 10.3 Å². The minimum atomic E-state index is -0.0823. The predicted molar refractivity (Wildman–Crippen MR) is 88.3 cm³/mol. The first kappa shape index (κ1) is 14.8. The Bertz CT molecular complexity index is 954. The molecule has 7 nitrogen and oxygen atoms in total. The number of nitrogen functional groups attached to an aromatic ring is 1. The molecular weight excluding hydrogens is 324 g/mol. The lowest BCUT2D eigenvalue weighted by Gasteiger charge is -2.19. The summed E-state index contributed by atoms with van der Waals surface area (Å²) in [6.45, 7) is 1.81. The van der Waals surface area contributed by atoms with Crippen LogP contribution >= 0.6 is 11.3 Å². The third-order valence-corrected chi connectivity index (χ3v) is 5.25. The first-order valence-corrected chi connectivity index (χ1v) is 8.43. The van der Waals surface area contributed by atoms with Crippen LogP contribution in [0.25, 0.3) is 11.5 Å². The van der Waals surface area contributed by atoms with Crippen molar-refractivity contribution >= 4 is 16.3 Å². The van der Waals surface area contributed by atoms with Gasteiger partial charge in [0.25, 0.3) is 0 Å². The number of fused-ring (bicyclic) bond motifs is 1. The monoisotopic (exact) mass is 338 g/mol. The summed E-state index contributed by atoms with van der Waals surface area (Å²) in [6, 6.07) is 3.97. The molecule has 0 saturated heterocycles. The summed E-state index contributed by atoms with van der Waals surface area (Å²) in [6.07, 6.45) is 4.48. The summed E-state index contributed by atoms with van der Waals surface area (Å²) in [4.78, 5) is 14.1. The van der Waals surface area contributed by atoms with E-state index in [1.807, 2.05) is 6.92 Å². The second kappa shape index (κ2) is 5.69. The van der Waals surface area contributed by atoms with Gasteiger partial charge in [0.15, 0.2) is 0 Å². The van der Waals surface area contributed by atoms with Gasteiger partial charge < -0.3 is 10.3 Å². The fourth-order valence-electron chi connectivity index (χ4n) is 3.10. The first-order valence-electron chi connectivity index (χ1n) is 7.62. The largest absolute Gasteiger partial charge is 0.389 e. The van der Waals surface area contributed by atoms with E-state index >= 15 is 0 Å². The van der Waals surface area contributed by atoms with E-state index in [2.05, 4.69) is 26.2 Å². The van der Waals surface area contributed by atoms with Crippen LogP contribution in [0.2, 0.25) is 0 Å². The highest BCUT2D eigenvalue weighted by Crippen LogP contribution is 2.44. The fourth-order valence-corrected chi connectivity index (χ4v) is 4.22. The molecule has 0 bridgehead atoms. The number of rotatable bonds is 2. The van der Waals surface area contributed by atoms with Gasteiger partial charge in [-0.3, -0.25) is 0 Å². The molecule has 0 aromatic carbocycles. The number of aromatic nitrogens is 4. The maximum absolute atomic E-state index is 9.43. The average Bonchev–Trinajstić information content (AvgIpc) is 3.18. The Morgan fingerprint density at radius 3 is 3.08 bits per heavy atom. The van der Waals surface area contributed by atoms with E-state index in [0.717, 1.165) is 29.7 Å². The molecule has 2 N–H and O–H groups in total. The molecule has 3 aromatic rings. The van der Waals surface area contributed by atoms with Gasteiger partial charge in [-0.1, -0.05) is 5.16 Å².